The van der Waals surface area contributed by atoms with E-state index in [0.717, 1.165) is 43.1 Å². The van der Waals surface area contributed by atoms with Gasteiger partial charge in [-0.05, 0) is 57.1 Å². The zero-order valence-corrected chi connectivity index (χ0v) is 16.0. The standard InChI is InChI=1S/C21H27NO4/c1-14(2)20(23)26-16-8-9-21(10-11-22(3)19(21)13-16)15-6-7-17(24-4)18(12-15)25-5/h6-7,12-13,19H,1,8-11H2,2-5H3/t19-,21-/m0/s1. The predicted octanol–water partition coefficient (Wildman–Crippen LogP) is 3.44. The lowest BCUT2D eigenvalue weighted by Crippen LogP contribution is -2.42. The normalized spacial score (nSPS) is 25.2. The maximum Gasteiger partial charge on any atom is 0.338 e. The number of likely N-dealkylation sites (N-methyl/N-ethyl adjacent to an activating group) is 1. The number of ether oxygens (including phenoxy) is 3. The fourth-order valence-electron chi connectivity index (χ4n) is 4.15. The van der Waals surface area contributed by atoms with Gasteiger partial charge in [0.15, 0.2) is 11.5 Å². The summed E-state index contributed by atoms with van der Waals surface area (Å²) in [6.07, 6.45) is 4.82. The van der Waals surface area contributed by atoms with E-state index in [1.165, 1.54) is 5.56 Å². The van der Waals surface area contributed by atoms with Gasteiger partial charge >= 0.3 is 5.97 Å². The second-order valence-corrected chi connectivity index (χ2v) is 7.20. The molecule has 0 amide bonds. The second kappa shape index (κ2) is 7.16. The molecule has 0 spiro atoms. The molecule has 5 nitrogen and oxygen atoms in total. The lowest BCUT2D eigenvalue weighted by atomic mass is 9.68. The van der Waals surface area contributed by atoms with Crippen LogP contribution in [0.2, 0.25) is 0 Å². The first-order valence-electron chi connectivity index (χ1n) is 8.92. The van der Waals surface area contributed by atoms with Gasteiger partial charge in [0.2, 0.25) is 0 Å². The van der Waals surface area contributed by atoms with Crippen molar-refractivity contribution in [2.24, 2.45) is 0 Å². The third kappa shape index (κ3) is 3.12. The number of methoxy groups -OCH3 is 2. The van der Waals surface area contributed by atoms with Crippen LogP contribution < -0.4 is 9.47 Å². The first-order valence-corrected chi connectivity index (χ1v) is 8.92. The van der Waals surface area contributed by atoms with Gasteiger partial charge in [-0.2, -0.15) is 0 Å². The first kappa shape index (κ1) is 18.5. The SMILES string of the molecule is C=C(C)C(=O)OC1=C[C@@H]2N(C)CC[C@]2(c2ccc(OC)c(OC)c2)CC1. The number of carbonyl (C=O) groups is 1. The lowest BCUT2D eigenvalue weighted by molar-refractivity contribution is -0.135. The Kier molecular flexibility index (Phi) is 5.10. The van der Waals surface area contributed by atoms with E-state index < -0.39 is 0 Å². The van der Waals surface area contributed by atoms with Crippen molar-refractivity contribution in [3.63, 3.8) is 0 Å². The summed E-state index contributed by atoms with van der Waals surface area (Å²) in [6.45, 7) is 6.33. The molecule has 0 radical (unpaired) electrons. The van der Waals surface area contributed by atoms with Gasteiger partial charge in [0, 0.05) is 23.5 Å². The summed E-state index contributed by atoms with van der Waals surface area (Å²) in [4.78, 5) is 14.2. The van der Waals surface area contributed by atoms with Crippen LogP contribution in [-0.2, 0) is 14.9 Å². The van der Waals surface area contributed by atoms with E-state index in [1.807, 2.05) is 6.07 Å². The summed E-state index contributed by atoms with van der Waals surface area (Å²) in [5.74, 6) is 1.87. The van der Waals surface area contributed by atoms with Crippen LogP contribution in [0.5, 0.6) is 11.5 Å². The summed E-state index contributed by atoms with van der Waals surface area (Å²) in [5, 5.41) is 0. The smallest absolute Gasteiger partial charge is 0.338 e. The van der Waals surface area contributed by atoms with Crippen molar-refractivity contribution in [2.45, 2.75) is 37.6 Å². The fraction of sp³-hybridized carbons (Fsp3) is 0.476. The number of rotatable bonds is 5. The average molecular weight is 357 g/mol. The quantitative estimate of drug-likeness (QED) is 0.597. The zero-order chi connectivity index (χ0) is 18.9. The fourth-order valence-corrected chi connectivity index (χ4v) is 4.15. The molecule has 2 aliphatic rings. The Morgan fingerprint density at radius 2 is 1.96 bits per heavy atom. The van der Waals surface area contributed by atoms with E-state index in [4.69, 9.17) is 14.2 Å². The number of benzene rings is 1. The number of esters is 1. The van der Waals surface area contributed by atoms with Crippen LogP contribution >= 0.6 is 0 Å². The minimum atomic E-state index is -0.351. The summed E-state index contributed by atoms with van der Waals surface area (Å²) < 4.78 is 16.4. The third-order valence-electron chi connectivity index (χ3n) is 5.64. The molecule has 0 bridgehead atoms. The molecule has 140 valence electrons. The van der Waals surface area contributed by atoms with E-state index >= 15 is 0 Å². The van der Waals surface area contributed by atoms with Gasteiger partial charge in [0.1, 0.15) is 5.76 Å². The van der Waals surface area contributed by atoms with E-state index in [1.54, 1.807) is 21.1 Å². The van der Waals surface area contributed by atoms with Crippen molar-refractivity contribution < 1.29 is 19.0 Å². The van der Waals surface area contributed by atoms with Crippen molar-refractivity contribution >= 4 is 5.97 Å². The molecule has 1 heterocycles. The van der Waals surface area contributed by atoms with Crippen molar-refractivity contribution in [3.8, 4) is 11.5 Å². The molecule has 1 fully saturated rings. The van der Waals surface area contributed by atoms with Crippen molar-refractivity contribution in [2.75, 3.05) is 27.8 Å². The molecule has 1 aromatic rings. The van der Waals surface area contributed by atoms with Crippen LogP contribution in [-0.4, -0.2) is 44.7 Å². The maximum absolute atomic E-state index is 11.9. The Hall–Kier alpha value is -2.27. The molecule has 0 saturated carbocycles. The zero-order valence-electron chi connectivity index (χ0n) is 16.0. The van der Waals surface area contributed by atoms with Gasteiger partial charge < -0.3 is 14.2 Å². The number of fused-ring (bicyclic) bond motifs is 1. The number of allylic oxidation sites excluding steroid dienone is 1. The third-order valence-corrected chi connectivity index (χ3v) is 5.64. The minimum Gasteiger partial charge on any atom is -0.493 e. The molecule has 1 saturated heterocycles. The Morgan fingerprint density at radius 3 is 2.62 bits per heavy atom. The molecule has 0 unspecified atom stereocenters. The van der Waals surface area contributed by atoms with Crippen LogP contribution in [0.4, 0.5) is 0 Å². The van der Waals surface area contributed by atoms with Gasteiger partial charge in [-0.1, -0.05) is 12.6 Å². The van der Waals surface area contributed by atoms with E-state index in [2.05, 4.69) is 36.7 Å². The summed E-state index contributed by atoms with van der Waals surface area (Å²) in [5.41, 5.74) is 1.65. The largest absolute Gasteiger partial charge is 0.493 e. The number of likely N-dealkylation sites (tertiary alicyclic amines) is 1. The van der Waals surface area contributed by atoms with Crippen LogP contribution in [0.3, 0.4) is 0 Å². The number of hydrogen-bond acceptors (Lipinski definition) is 5. The number of hydrogen-bond donors (Lipinski definition) is 0. The molecule has 3 rings (SSSR count). The topological polar surface area (TPSA) is 48.0 Å². The first-order chi connectivity index (χ1) is 12.4. The predicted molar refractivity (Wildman–Crippen MR) is 100 cm³/mol. The van der Waals surface area contributed by atoms with E-state index in [-0.39, 0.29) is 17.4 Å². The Bertz CT molecular complexity index is 754. The molecule has 0 aromatic heterocycles. The van der Waals surface area contributed by atoms with Crippen LogP contribution in [0.25, 0.3) is 0 Å². The Labute approximate surface area is 155 Å². The highest BCUT2D eigenvalue weighted by atomic mass is 16.5. The van der Waals surface area contributed by atoms with Crippen molar-refractivity contribution in [1.29, 1.82) is 0 Å². The van der Waals surface area contributed by atoms with Gasteiger partial charge in [-0.15, -0.1) is 0 Å². The van der Waals surface area contributed by atoms with E-state index in [9.17, 15) is 4.79 Å². The van der Waals surface area contributed by atoms with Gasteiger partial charge in [0.05, 0.1) is 14.2 Å². The molecule has 1 aliphatic carbocycles. The molecule has 0 N–H and O–H groups in total. The van der Waals surface area contributed by atoms with Gasteiger partial charge in [-0.25, -0.2) is 4.79 Å². The lowest BCUT2D eigenvalue weighted by Gasteiger charge is -2.40. The molecule has 1 aromatic carbocycles. The highest BCUT2D eigenvalue weighted by molar-refractivity contribution is 5.87. The molecule has 5 heteroatoms. The molecule has 2 atom stereocenters. The van der Waals surface area contributed by atoms with Gasteiger partial charge in [-0.3, -0.25) is 4.90 Å². The second-order valence-electron chi connectivity index (χ2n) is 7.20. The molecular formula is C21H27NO4. The number of carbonyl (C=O) groups excluding carboxylic acids is 1. The average Bonchev–Trinajstić information content (AvgIpc) is 2.98. The van der Waals surface area contributed by atoms with Crippen LogP contribution in [0.15, 0.2) is 42.2 Å². The Morgan fingerprint density at radius 1 is 1.23 bits per heavy atom. The van der Waals surface area contributed by atoms with Crippen molar-refractivity contribution in [1.82, 2.24) is 4.90 Å². The van der Waals surface area contributed by atoms with Crippen LogP contribution in [0, 0.1) is 0 Å². The molecule has 26 heavy (non-hydrogen) atoms. The van der Waals surface area contributed by atoms with E-state index in [0.29, 0.717) is 5.57 Å². The summed E-state index contributed by atoms with van der Waals surface area (Å²) in [7, 11) is 5.42. The summed E-state index contributed by atoms with van der Waals surface area (Å²) >= 11 is 0. The minimum absolute atomic E-state index is 0.00652. The van der Waals surface area contributed by atoms with Gasteiger partial charge in [0.25, 0.3) is 0 Å². The highest BCUT2D eigenvalue weighted by Gasteiger charge is 2.48. The summed E-state index contributed by atoms with van der Waals surface area (Å²) in [6, 6.07) is 6.37. The monoisotopic (exact) mass is 357 g/mol. The Balaban J connectivity index is 1.95. The molecule has 1 aliphatic heterocycles. The van der Waals surface area contributed by atoms with Crippen molar-refractivity contribution in [3.05, 3.63) is 47.7 Å². The maximum atomic E-state index is 11.9. The molecular weight excluding hydrogens is 330 g/mol. The highest BCUT2D eigenvalue weighted by Crippen LogP contribution is 2.49. The number of nitrogens with zero attached hydrogens (tertiary/aromatic N) is 1. The van der Waals surface area contributed by atoms with Crippen LogP contribution in [0.1, 0.15) is 31.7 Å².